The van der Waals surface area contributed by atoms with Crippen molar-refractivity contribution in [2.24, 2.45) is 0 Å². The molecule has 0 saturated heterocycles. The zero-order valence-electron chi connectivity index (χ0n) is 10.6. The van der Waals surface area contributed by atoms with Gasteiger partial charge in [-0.05, 0) is 54.0 Å². The largest absolute Gasteiger partial charge is 0.508 e. The average Bonchev–Trinajstić information content (AvgIpc) is 2.38. The van der Waals surface area contributed by atoms with Gasteiger partial charge in [-0.15, -0.1) is 0 Å². The first kappa shape index (κ1) is 12.5. The molecule has 0 atom stereocenters. The van der Waals surface area contributed by atoms with Gasteiger partial charge in [-0.3, -0.25) is 0 Å². The number of allylic oxidation sites excluding steroid dienone is 1. The molecule has 2 rings (SSSR count). The third kappa shape index (κ3) is 3.27. The number of fused-ring (bicyclic) bond motifs is 1. The molecule has 0 aliphatic rings. The second-order valence-corrected chi connectivity index (χ2v) is 4.33. The number of phenolic OH excluding ortho intramolecular Hbond substituents is 1. The van der Waals surface area contributed by atoms with Crippen LogP contribution in [0.25, 0.3) is 10.8 Å². The molecule has 94 valence electrons. The van der Waals surface area contributed by atoms with Crippen molar-refractivity contribution in [3.63, 3.8) is 0 Å². The normalized spacial score (nSPS) is 11.2. The Kier molecular flexibility index (Phi) is 4.24. The van der Waals surface area contributed by atoms with Gasteiger partial charge in [0.05, 0.1) is 6.26 Å². The summed E-state index contributed by atoms with van der Waals surface area (Å²) >= 11 is 0. The van der Waals surface area contributed by atoms with Crippen LogP contribution in [-0.4, -0.2) is 5.11 Å². The molecule has 0 unspecified atom stereocenters. The zero-order chi connectivity index (χ0) is 12.8. The molecule has 1 N–H and O–H groups in total. The maximum absolute atomic E-state index is 9.38. The molecule has 2 heteroatoms. The first-order valence-corrected chi connectivity index (χ1v) is 6.34. The molecular weight excluding hydrogens is 224 g/mol. The second-order valence-electron chi connectivity index (χ2n) is 4.33. The van der Waals surface area contributed by atoms with Crippen LogP contribution in [0.5, 0.6) is 11.5 Å². The van der Waals surface area contributed by atoms with Crippen molar-refractivity contribution in [3.8, 4) is 11.5 Å². The van der Waals surface area contributed by atoms with E-state index in [0.29, 0.717) is 0 Å². The lowest BCUT2D eigenvalue weighted by atomic mass is 10.1. The minimum atomic E-state index is 0.288. The molecule has 0 aliphatic heterocycles. The van der Waals surface area contributed by atoms with Crippen molar-refractivity contribution in [2.75, 3.05) is 0 Å². The van der Waals surface area contributed by atoms with E-state index in [0.717, 1.165) is 22.9 Å². The molecular formula is C16H18O2. The van der Waals surface area contributed by atoms with E-state index in [1.54, 1.807) is 18.4 Å². The highest BCUT2D eigenvalue weighted by molar-refractivity contribution is 5.85. The average molecular weight is 242 g/mol. The summed E-state index contributed by atoms with van der Waals surface area (Å²) in [4.78, 5) is 0. The van der Waals surface area contributed by atoms with Crippen LogP contribution in [0.1, 0.15) is 26.2 Å². The summed E-state index contributed by atoms with van der Waals surface area (Å²) < 4.78 is 5.55. The summed E-state index contributed by atoms with van der Waals surface area (Å²) in [5.74, 6) is 1.11. The summed E-state index contributed by atoms with van der Waals surface area (Å²) in [6.45, 7) is 2.17. The highest BCUT2D eigenvalue weighted by atomic mass is 16.5. The predicted molar refractivity (Wildman–Crippen MR) is 74.9 cm³/mol. The highest BCUT2D eigenvalue weighted by Crippen LogP contribution is 2.24. The fourth-order valence-corrected chi connectivity index (χ4v) is 1.80. The van der Waals surface area contributed by atoms with Gasteiger partial charge in [-0.2, -0.15) is 0 Å². The maximum atomic E-state index is 9.38. The lowest BCUT2D eigenvalue weighted by Crippen LogP contribution is -1.82. The van der Waals surface area contributed by atoms with E-state index in [1.807, 2.05) is 30.3 Å². The Morgan fingerprint density at radius 2 is 1.89 bits per heavy atom. The van der Waals surface area contributed by atoms with Gasteiger partial charge < -0.3 is 9.84 Å². The molecule has 2 aromatic carbocycles. The minimum Gasteiger partial charge on any atom is -0.508 e. The number of benzene rings is 2. The fraction of sp³-hybridized carbons (Fsp3) is 0.250. The number of aromatic hydroxyl groups is 1. The summed E-state index contributed by atoms with van der Waals surface area (Å²) in [5, 5.41) is 11.5. The van der Waals surface area contributed by atoms with Crippen molar-refractivity contribution in [1.82, 2.24) is 0 Å². The SMILES string of the molecule is CCCCC=COc1ccc2cc(O)ccc2c1. The van der Waals surface area contributed by atoms with Crippen LogP contribution in [0, 0.1) is 0 Å². The second kappa shape index (κ2) is 6.10. The van der Waals surface area contributed by atoms with Crippen molar-refractivity contribution in [1.29, 1.82) is 0 Å². The van der Waals surface area contributed by atoms with E-state index >= 15 is 0 Å². The van der Waals surface area contributed by atoms with E-state index in [9.17, 15) is 5.11 Å². The summed E-state index contributed by atoms with van der Waals surface area (Å²) in [7, 11) is 0. The minimum absolute atomic E-state index is 0.288. The van der Waals surface area contributed by atoms with E-state index < -0.39 is 0 Å². The first-order valence-electron chi connectivity index (χ1n) is 6.34. The molecule has 0 saturated carbocycles. The molecule has 0 bridgehead atoms. The Balaban J connectivity index is 2.06. The van der Waals surface area contributed by atoms with Gasteiger partial charge in [-0.1, -0.05) is 25.5 Å². The lowest BCUT2D eigenvalue weighted by molar-refractivity contribution is 0.475. The van der Waals surface area contributed by atoms with E-state index in [1.165, 1.54) is 12.8 Å². The third-order valence-electron chi connectivity index (χ3n) is 2.82. The van der Waals surface area contributed by atoms with Gasteiger partial charge in [-0.25, -0.2) is 0 Å². The third-order valence-corrected chi connectivity index (χ3v) is 2.82. The Hall–Kier alpha value is -1.96. The van der Waals surface area contributed by atoms with Gasteiger partial charge in [0.25, 0.3) is 0 Å². The van der Waals surface area contributed by atoms with Crippen LogP contribution in [0.2, 0.25) is 0 Å². The summed E-state index contributed by atoms with van der Waals surface area (Å²) in [5.41, 5.74) is 0. The van der Waals surface area contributed by atoms with Crippen molar-refractivity contribution < 1.29 is 9.84 Å². The zero-order valence-corrected chi connectivity index (χ0v) is 10.6. The molecule has 0 fully saturated rings. The number of phenols is 1. The first-order chi connectivity index (χ1) is 8.79. The molecule has 0 spiro atoms. The summed E-state index contributed by atoms with van der Waals surface area (Å²) in [6.07, 6.45) is 7.24. The van der Waals surface area contributed by atoms with Crippen LogP contribution >= 0.6 is 0 Å². The topological polar surface area (TPSA) is 29.5 Å². The van der Waals surface area contributed by atoms with Crippen LogP contribution in [0.4, 0.5) is 0 Å². The van der Waals surface area contributed by atoms with E-state index in [2.05, 4.69) is 6.92 Å². The van der Waals surface area contributed by atoms with Crippen LogP contribution in [0.15, 0.2) is 48.7 Å². The van der Waals surface area contributed by atoms with Crippen LogP contribution in [-0.2, 0) is 0 Å². The maximum Gasteiger partial charge on any atom is 0.127 e. The number of hydrogen-bond acceptors (Lipinski definition) is 2. The predicted octanol–water partition coefficient (Wildman–Crippen LogP) is 4.63. The quantitative estimate of drug-likeness (QED) is 0.612. The van der Waals surface area contributed by atoms with E-state index in [4.69, 9.17) is 4.74 Å². The van der Waals surface area contributed by atoms with Crippen molar-refractivity contribution >= 4 is 10.8 Å². The van der Waals surface area contributed by atoms with E-state index in [-0.39, 0.29) is 5.75 Å². The van der Waals surface area contributed by atoms with Gasteiger partial charge in [0.15, 0.2) is 0 Å². The fourth-order valence-electron chi connectivity index (χ4n) is 1.80. The molecule has 0 heterocycles. The molecule has 18 heavy (non-hydrogen) atoms. The number of ether oxygens (including phenoxy) is 1. The van der Waals surface area contributed by atoms with Crippen molar-refractivity contribution in [3.05, 3.63) is 48.7 Å². The van der Waals surface area contributed by atoms with Gasteiger partial charge in [0.2, 0.25) is 0 Å². The molecule has 0 aromatic heterocycles. The standard InChI is InChI=1S/C16H18O2/c1-2-3-4-5-10-18-16-9-7-13-11-15(17)8-6-14(13)12-16/h5-12,17H,2-4H2,1H3. The Morgan fingerprint density at radius 3 is 2.72 bits per heavy atom. The van der Waals surface area contributed by atoms with Gasteiger partial charge >= 0.3 is 0 Å². The highest BCUT2D eigenvalue weighted by Gasteiger charge is 1.97. The molecule has 0 radical (unpaired) electrons. The monoisotopic (exact) mass is 242 g/mol. The van der Waals surface area contributed by atoms with Crippen LogP contribution in [0.3, 0.4) is 0 Å². The molecule has 0 aliphatic carbocycles. The Bertz CT molecular complexity index is 544. The molecule has 2 nitrogen and oxygen atoms in total. The molecule has 0 amide bonds. The van der Waals surface area contributed by atoms with Crippen molar-refractivity contribution in [2.45, 2.75) is 26.2 Å². The Morgan fingerprint density at radius 1 is 1.11 bits per heavy atom. The van der Waals surface area contributed by atoms with Gasteiger partial charge in [0.1, 0.15) is 11.5 Å². The van der Waals surface area contributed by atoms with Gasteiger partial charge in [0, 0.05) is 0 Å². The number of rotatable bonds is 5. The number of unbranched alkanes of at least 4 members (excludes halogenated alkanes) is 2. The lowest BCUT2D eigenvalue weighted by Gasteiger charge is -2.03. The van der Waals surface area contributed by atoms with Crippen LogP contribution < -0.4 is 4.74 Å². The summed E-state index contributed by atoms with van der Waals surface area (Å²) in [6, 6.07) is 11.1. The number of hydrogen-bond donors (Lipinski definition) is 1. The Labute approximate surface area is 108 Å². The molecule has 2 aromatic rings. The smallest absolute Gasteiger partial charge is 0.127 e.